The Morgan fingerprint density at radius 1 is 1.21 bits per heavy atom. The molecule has 0 aliphatic rings. The number of nitro benzene ring substituents is 1. The number of hydrogen-bond acceptors (Lipinski definition) is 4. The van der Waals surface area contributed by atoms with Crippen molar-refractivity contribution in [1.29, 1.82) is 0 Å². The van der Waals surface area contributed by atoms with Crippen molar-refractivity contribution in [2.45, 2.75) is 0 Å². The summed E-state index contributed by atoms with van der Waals surface area (Å²) in [6, 6.07) is 4.78. The van der Waals surface area contributed by atoms with Gasteiger partial charge < -0.3 is 0 Å². The van der Waals surface area contributed by atoms with Crippen molar-refractivity contribution in [2.24, 2.45) is 0 Å². The molecule has 1 aromatic carbocycles. The van der Waals surface area contributed by atoms with Crippen LogP contribution in [-0.2, 0) is 0 Å². The first kappa shape index (κ1) is 11.8. The van der Waals surface area contributed by atoms with Crippen LogP contribution < -0.4 is 0 Å². The molecule has 0 N–H and O–H groups in total. The van der Waals surface area contributed by atoms with Crippen molar-refractivity contribution in [2.75, 3.05) is 0 Å². The van der Waals surface area contributed by atoms with Crippen LogP contribution >= 0.6 is 15.9 Å². The number of rotatable bonds is 2. The lowest BCUT2D eigenvalue weighted by Crippen LogP contribution is -1.98. The lowest BCUT2D eigenvalue weighted by atomic mass is 10.1. The molecule has 0 atom stereocenters. The zero-order valence-corrected chi connectivity index (χ0v) is 11.1. The summed E-state index contributed by atoms with van der Waals surface area (Å²) in [4.78, 5) is 14.7. The van der Waals surface area contributed by atoms with E-state index in [1.807, 2.05) is 0 Å². The Morgan fingerprint density at radius 3 is 2.74 bits per heavy atom. The first-order valence-electron chi connectivity index (χ1n) is 5.38. The van der Waals surface area contributed by atoms with Gasteiger partial charge in [-0.25, -0.2) is 4.68 Å². The monoisotopic (exact) mass is 318 g/mol. The molecule has 0 unspecified atom stereocenters. The number of hydrogen-bond donors (Lipinski definition) is 0. The molecule has 3 rings (SSSR count). The summed E-state index contributed by atoms with van der Waals surface area (Å²) in [5, 5.41) is 16.4. The van der Waals surface area contributed by atoms with E-state index < -0.39 is 4.92 Å². The second-order valence-electron chi connectivity index (χ2n) is 3.89. The number of pyridine rings is 1. The summed E-state index contributed by atoms with van der Waals surface area (Å²) in [5.41, 5.74) is 0.812. The average Bonchev–Trinajstić information content (AvgIpc) is 2.83. The van der Waals surface area contributed by atoms with Crippen molar-refractivity contribution in [3.05, 3.63) is 57.6 Å². The van der Waals surface area contributed by atoms with E-state index >= 15 is 0 Å². The van der Waals surface area contributed by atoms with E-state index in [1.165, 1.54) is 12.3 Å². The molecule has 0 saturated carbocycles. The van der Waals surface area contributed by atoms with Crippen molar-refractivity contribution < 1.29 is 4.92 Å². The predicted octanol–water partition coefficient (Wildman–Crippen LogP) is 3.09. The van der Waals surface area contributed by atoms with Gasteiger partial charge in [-0.1, -0.05) is 0 Å². The fourth-order valence-electron chi connectivity index (χ4n) is 1.95. The molecule has 2 aromatic heterocycles. The standard InChI is InChI=1S/C12H7BrN4O2/c13-8-5-15-16(7-8)11-1-2-12(17(18)19)9-3-4-14-6-10(9)11/h1-7H. The van der Waals surface area contributed by atoms with E-state index in [2.05, 4.69) is 26.0 Å². The number of non-ortho nitro benzene ring substituents is 1. The summed E-state index contributed by atoms with van der Waals surface area (Å²) >= 11 is 3.32. The zero-order valence-electron chi connectivity index (χ0n) is 9.52. The molecule has 0 spiro atoms. The molecular formula is C12H7BrN4O2. The van der Waals surface area contributed by atoms with Gasteiger partial charge in [0.1, 0.15) is 0 Å². The molecule has 94 valence electrons. The molecule has 0 bridgehead atoms. The molecular weight excluding hydrogens is 312 g/mol. The van der Waals surface area contributed by atoms with Gasteiger partial charge in [0.05, 0.1) is 26.7 Å². The predicted molar refractivity (Wildman–Crippen MR) is 73.2 cm³/mol. The lowest BCUT2D eigenvalue weighted by Gasteiger charge is -2.06. The van der Waals surface area contributed by atoms with E-state index in [0.717, 1.165) is 10.2 Å². The van der Waals surface area contributed by atoms with Crippen LogP contribution in [0.15, 0.2) is 47.5 Å². The van der Waals surface area contributed by atoms with Gasteiger partial charge in [-0.05, 0) is 28.1 Å². The SMILES string of the molecule is O=[N+]([O-])c1ccc(-n2cc(Br)cn2)c2cnccc12. The minimum absolute atomic E-state index is 0.0624. The van der Waals surface area contributed by atoms with Gasteiger partial charge in [0.15, 0.2) is 0 Å². The van der Waals surface area contributed by atoms with Crippen LogP contribution in [0.4, 0.5) is 5.69 Å². The first-order valence-corrected chi connectivity index (χ1v) is 6.18. The van der Waals surface area contributed by atoms with Crippen molar-refractivity contribution in [3.8, 4) is 5.69 Å². The number of fused-ring (bicyclic) bond motifs is 1. The zero-order chi connectivity index (χ0) is 13.4. The van der Waals surface area contributed by atoms with Gasteiger partial charge in [0.2, 0.25) is 0 Å². The van der Waals surface area contributed by atoms with E-state index in [9.17, 15) is 10.1 Å². The van der Waals surface area contributed by atoms with Crippen molar-refractivity contribution in [3.63, 3.8) is 0 Å². The van der Waals surface area contributed by atoms with E-state index in [-0.39, 0.29) is 5.69 Å². The summed E-state index contributed by atoms with van der Waals surface area (Å²) in [6.45, 7) is 0. The number of aromatic nitrogens is 3. The molecule has 0 aliphatic heterocycles. The second kappa shape index (κ2) is 4.43. The fraction of sp³-hybridized carbons (Fsp3) is 0. The minimum atomic E-state index is -0.398. The third kappa shape index (κ3) is 1.97. The van der Waals surface area contributed by atoms with Gasteiger partial charge in [0, 0.05) is 30.0 Å². The van der Waals surface area contributed by atoms with E-state index in [1.54, 1.807) is 35.4 Å². The van der Waals surface area contributed by atoms with Gasteiger partial charge in [-0.2, -0.15) is 5.10 Å². The molecule has 7 heteroatoms. The molecule has 3 aromatic rings. The smallest absolute Gasteiger partial charge is 0.264 e. The number of halogens is 1. The molecule has 0 aliphatic carbocycles. The Bertz CT molecular complexity index is 784. The number of benzene rings is 1. The minimum Gasteiger partial charge on any atom is -0.264 e. The topological polar surface area (TPSA) is 73.8 Å². The molecule has 0 saturated heterocycles. The van der Waals surface area contributed by atoms with Crippen LogP contribution in [0.5, 0.6) is 0 Å². The average molecular weight is 319 g/mol. The molecule has 2 heterocycles. The third-order valence-corrected chi connectivity index (χ3v) is 3.18. The van der Waals surface area contributed by atoms with E-state index in [0.29, 0.717) is 10.8 Å². The maximum Gasteiger partial charge on any atom is 0.277 e. The highest BCUT2D eigenvalue weighted by Gasteiger charge is 2.15. The van der Waals surface area contributed by atoms with Crippen LogP contribution in [0.1, 0.15) is 0 Å². The summed E-state index contributed by atoms with van der Waals surface area (Å²) in [7, 11) is 0. The van der Waals surface area contributed by atoms with Crippen LogP contribution in [-0.4, -0.2) is 19.7 Å². The largest absolute Gasteiger partial charge is 0.277 e. The van der Waals surface area contributed by atoms with Crippen molar-refractivity contribution in [1.82, 2.24) is 14.8 Å². The summed E-state index contributed by atoms with van der Waals surface area (Å²) in [5.74, 6) is 0. The fourth-order valence-corrected chi connectivity index (χ4v) is 2.24. The highest BCUT2D eigenvalue weighted by atomic mass is 79.9. The Labute approximate surface area is 116 Å². The molecule has 6 nitrogen and oxygen atoms in total. The van der Waals surface area contributed by atoms with Crippen molar-refractivity contribution >= 4 is 32.4 Å². The number of nitro groups is 1. The maximum atomic E-state index is 11.0. The highest BCUT2D eigenvalue weighted by Crippen LogP contribution is 2.29. The summed E-state index contributed by atoms with van der Waals surface area (Å²) < 4.78 is 2.49. The van der Waals surface area contributed by atoms with Crippen LogP contribution in [0.2, 0.25) is 0 Å². The molecule has 0 amide bonds. The second-order valence-corrected chi connectivity index (χ2v) is 4.80. The number of nitrogens with zero attached hydrogens (tertiary/aromatic N) is 4. The quantitative estimate of drug-likeness (QED) is 0.537. The van der Waals surface area contributed by atoms with E-state index in [4.69, 9.17) is 0 Å². The Kier molecular flexibility index (Phi) is 2.75. The normalized spacial score (nSPS) is 10.8. The van der Waals surface area contributed by atoms with Gasteiger partial charge in [-0.3, -0.25) is 15.1 Å². The van der Waals surface area contributed by atoms with Gasteiger partial charge in [0.25, 0.3) is 5.69 Å². The lowest BCUT2D eigenvalue weighted by molar-refractivity contribution is -0.383. The van der Waals surface area contributed by atoms with Crippen LogP contribution in [0, 0.1) is 10.1 Å². The van der Waals surface area contributed by atoms with Crippen LogP contribution in [0.25, 0.3) is 16.5 Å². The highest BCUT2D eigenvalue weighted by molar-refractivity contribution is 9.10. The first-order chi connectivity index (χ1) is 9.16. The van der Waals surface area contributed by atoms with Gasteiger partial charge >= 0.3 is 0 Å². The van der Waals surface area contributed by atoms with Gasteiger partial charge in [-0.15, -0.1) is 0 Å². The Morgan fingerprint density at radius 2 is 2.05 bits per heavy atom. The maximum absolute atomic E-state index is 11.0. The Balaban J connectivity index is 2.34. The third-order valence-electron chi connectivity index (χ3n) is 2.77. The molecule has 0 radical (unpaired) electrons. The summed E-state index contributed by atoms with van der Waals surface area (Å²) in [6.07, 6.45) is 6.59. The van der Waals surface area contributed by atoms with Crippen LogP contribution in [0.3, 0.4) is 0 Å². The molecule has 0 fully saturated rings. The Hall–Kier alpha value is -2.28. The molecule has 19 heavy (non-hydrogen) atoms.